The Morgan fingerprint density at radius 3 is 2.27 bits per heavy atom. The van der Waals surface area contributed by atoms with Gasteiger partial charge in [-0.25, -0.2) is 0 Å². The van der Waals surface area contributed by atoms with Gasteiger partial charge in [-0.05, 0) is 79.6 Å². The van der Waals surface area contributed by atoms with Crippen molar-refractivity contribution in [1.82, 2.24) is 20.1 Å². The number of rotatable bonds is 11. The highest BCUT2D eigenvalue weighted by molar-refractivity contribution is 7.15. The van der Waals surface area contributed by atoms with Crippen LogP contribution in [0.5, 0.6) is 0 Å². The maximum atomic E-state index is 13.9. The molecule has 0 radical (unpaired) electrons. The summed E-state index contributed by atoms with van der Waals surface area (Å²) >= 11 is 20.1. The van der Waals surface area contributed by atoms with Gasteiger partial charge >= 0.3 is 0 Å². The second-order valence-corrected chi connectivity index (χ2v) is 13.3. The molecule has 0 spiro atoms. The standard InChI is InChI=1S/C34H31Cl3N4O2S/c1-20(2)16-23-10-8-22(9-11-23)12-14-25-18-27(32(42)26-6-4-5-7-28(26)35)34(44-25)41-21(3)39-40-31(41)19-38-33(43)24-13-15-29(36)30(37)17-24/h4-11,13,15,17-18,20H,12,14,16,19H2,1-3H3,(H,38,43). The molecule has 0 saturated carbocycles. The molecule has 2 heterocycles. The lowest BCUT2D eigenvalue weighted by atomic mass is 10.00. The van der Waals surface area contributed by atoms with Crippen molar-refractivity contribution < 1.29 is 9.59 Å². The highest BCUT2D eigenvalue weighted by atomic mass is 35.5. The molecule has 0 fully saturated rings. The van der Waals surface area contributed by atoms with Crippen molar-refractivity contribution in [1.29, 1.82) is 0 Å². The van der Waals surface area contributed by atoms with E-state index in [1.165, 1.54) is 28.5 Å². The Hall–Kier alpha value is -3.49. The number of ketones is 1. The van der Waals surface area contributed by atoms with E-state index in [0.29, 0.717) is 54.3 Å². The minimum atomic E-state index is -0.339. The Balaban J connectivity index is 1.44. The second-order valence-electron chi connectivity index (χ2n) is 11.0. The van der Waals surface area contributed by atoms with Gasteiger partial charge in [0.05, 0.1) is 27.2 Å². The summed E-state index contributed by atoms with van der Waals surface area (Å²) in [7, 11) is 0. The molecule has 0 aliphatic carbocycles. The highest BCUT2D eigenvalue weighted by Gasteiger charge is 2.24. The van der Waals surface area contributed by atoms with E-state index in [2.05, 4.69) is 53.6 Å². The van der Waals surface area contributed by atoms with Crippen molar-refractivity contribution in [3.8, 4) is 5.00 Å². The van der Waals surface area contributed by atoms with Crippen molar-refractivity contribution in [2.24, 2.45) is 5.92 Å². The van der Waals surface area contributed by atoms with Gasteiger partial charge in [-0.1, -0.05) is 85.0 Å². The van der Waals surface area contributed by atoms with Crippen LogP contribution in [0.3, 0.4) is 0 Å². The Bertz CT molecular complexity index is 1810. The molecule has 6 nitrogen and oxygen atoms in total. The molecule has 5 aromatic rings. The number of carbonyl (C=O) groups excluding carboxylic acids is 2. The van der Waals surface area contributed by atoms with Crippen LogP contribution in [0, 0.1) is 12.8 Å². The van der Waals surface area contributed by atoms with Gasteiger partial charge in [0, 0.05) is 16.0 Å². The van der Waals surface area contributed by atoms with Crippen molar-refractivity contribution in [3.05, 3.63) is 132 Å². The van der Waals surface area contributed by atoms with E-state index >= 15 is 0 Å². The number of benzene rings is 3. The van der Waals surface area contributed by atoms with Crippen molar-refractivity contribution in [3.63, 3.8) is 0 Å². The van der Waals surface area contributed by atoms with E-state index in [0.717, 1.165) is 24.1 Å². The zero-order chi connectivity index (χ0) is 31.4. The first-order chi connectivity index (χ1) is 21.1. The first kappa shape index (κ1) is 31.9. The Morgan fingerprint density at radius 1 is 0.841 bits per heavy atom. The molecule has 0 unspecified atom stereocenters. The lowest BCUT2D eigenvalue weighted by Crippen LogP contribution is -2.24. The summed E-state index contributed by atoms with van der Waals surface area (Å²) in [5, 5.41) is 13.2. The quantitative estimate of drug-likeness (QED) is 0.143. The zero-order valence-corrected chi connectivity index (χ0v) is 27.6. The molecule has 44 heavy (non-hydrogen) atoms. The van der Waals surface area contributed by atoms with Crippen LogP contribution in [0.25, 0.3) is 5.00 Å². The Labute approximate surface area is 276 Å². The van der Waals surface area contributed by atoms with E-state index < -0.39 is 0 Å². The van der Waals surface area contributed by atoms with Gasteiger partial charge in [0.15, 0.2) is 11.6 Å². The van der Waals surface area contributed by atoms with Crippen molar-refractivity contribution >= 4 is 57.8 Å². The summed E-state index contributed by atoms with van der Waals surface area (Å²) in [4.78, 5) is 27.8. The number of nitrogens with one attached hydrogen (secondary N) is 1. The molecule has 0 saturated heterocycles. The van der Waals surface area contributed by atoms with E-state index in [-0.39, 0.29) is 18.2 Å². The van der Waals surface area contributed by atoms with Crippen LogP contribution in [0.2, 0.25) is 15.1 Å². The lowest BCUT2D eigenvalue weighted by molar-refractivity contribution is 0.0948. The molecule has 10 heteroatoms. The van der Waals surface area contributed by atoms with Crippen LogP contribution < -0.4 is 5.32 Å². The van der Waals surface area contributed by atoms with Crippen LogP contribution in [-0.2, 0) is 25.8 Å². The van der Waals surface area contributed by atoms with Crippen LogP contribution in [0.15, 0.2) is 72.8 Å². The average Bonchev–Trinajstić information content (AvgIpc) is 3.59. The highest BCUT2D eigenvalue weighted by Crippen LogP contribution is 2.33. The molecular weight excluding hydrogens is 635 g/mol. The predicted molar refractivity (Wildman–Crippen MR) is 179 cm³/mol. The summed E-state index contributed by atoms with van der Waals surface area (Å²) < 4.78 is 1.83. The maximum absolute atomic E-state index is 13.9. The Morgan fingerprint density at radius 2 is 1.57 bits per heavy atom. The molecule has 226 valence electrons. The predicted octanol–water partition coefficient (Wildman–Crippen LogP) is 8.74. The lowest BCUT2D eigenvalue weighted by Gasteiger charge is -2.11. The number of aryl methyl sites for hydroxylation is 3. The normalized spacial score (nSPS) is 11.2. The first-order valence-electron chi connectivity index (χ1n) is 14.2. The van der Waals surface area contributed by atoms with Gasteiger partial charge in [-0.15, -0.1) is 21.5 Å². The van der Waals surface area contributed by atoms with E-state index in [1.54, 1.807) is 36.4 Å². The number of halogens is 3. The number of hydrogen-bond acceptors (Lipinski definition) is 5. The van der Waals surface area contributed by atoms with Gasteiger partial charge < -0.3 is 5.32 Å². The molecule has 2 aromatic heterocycles. The van der Waals surface area contributed by atoms with Crippen LogP contribution in [0.4, 0.5) is 0 Å². The molecule has 0 atom stereocenters. The zero-order valence-electron chi connectivity index (χ0n) is 24.5. The molecule has 5 rings (SSSR count). The van der Waals surface area contributed by atoms with Crippen LogP contribution in [0.1, 0.15) is 67.8 Å². The number of hydrogen-bond donors (Lipinski definition) is 1. The molecule has 3 aromatic carbocycles. The fourth-order valence-corrected chi connectivity index (χ4v) is 6.68. The SMILES string of the molecule is Cc1nnc(CNC(=O)c2ccc(Cl)c(Cl)c2)n1-c1sc(CCc2ccc(CC(C)C)cc2)cc1C(=O)c1ccccc1Cl. The fraction of sp³-hybridized carbons (Fsp3) is 0.235. The maximum Gasteiger partial charge on any atom is 0.251 e. The van der Waals surface area contributed by atoms with Gasteiger partial charge in [0.25, 0.3) is 5.91 Å². The van der Waals surface area contributed by atoms with Crippen LogP contribution >= 0.6 is 46.1 Å². The minimum absolute atomic E-state index is 0.0790. The van der Waals surface area contributed by atoms with Gasteiger partial charge in [0.2, 0.25) is 0 Å². The number of nitrogens with zero attached hydrogens (tertiary/aromatic N) is 3. The molecule has 1 amide bonds. The summed E-state index contributed by atoms with van der Waals surface area (Å²) in [6, 6.07) is 22.4. The molecule has 0 bridgehead atoms. The van der Waals surface area contributed by atoms with E-state index in [1.807, 2.05) is 17.6 Å². The first-order valence-corrected chi connectivity index (χ1v) is 16.2. The van der Waals surface area contributed by atoms with E-state index in [9.17, 15) is 9.59 Å². The third-order valence-electron chi connectivity index (χ3n) is 7.14. The molecular formula is C34H31Cl3N4O2S. The summed E-state index contributed by atoms with van der Waals surface area (Å²) in [5.74, 6) is 1.15. The third-order valence-corrected chi connectivity index (χ3v) is 9.39. The van der Waals surface area contributed by atoms with Gasteiger partial charge in [-0.3, -0.25) is 14.2 Å². The number of carbonyl (C=O) groups is 2. The topological polar surface area (TPSA) is 76.9 Å². The number of aromatic nitrogens is 3. The van der Waals surface area contributed by atoms with Gasteiger partial charge in [-0.2, -0.15) is 0 Å². The summed E-state index contributed by atoms with van der Waals surface area (Å²) in [6.07, 6.45) is 2.63. The van der Waals surface area contributed by atoms with Crippen molar-refractivity contribution in [2.45, 2.75) is 46.6 Å². The van der Waals surface area contributed by atoms with E-state index in [4.69, 9.17) is 34.8 Å². The fourth-order valence-electron chi connectivity index (χ4n) is 4.94. The Kier molecular flexibility index (Phi) is 10.2. The number of amides is 1. The summed E-state index contributed by atoms with van der Waals surface area (Å²) in [6.45, 7) is 6.33. The van der Waals surface area contributed by atoms with Gasteiger partial charge in [0.1, 0.15) is 10.8 Å². The second kappa shape index (κ2) is 14.1. The monoisotopic (exact) mass is 664 g/mol. The number of thiophene rings is 1. The minimum Gasteiger partial charge on any atom is -0.345 e. The molecule has 0 aliphatic heterocycles. The van der Waals surface area contributed by atoms with Crippen LogP contribution in [-0.4, -0.2) is 26.5 Å². The summed E-state index contributed by atoms with van der Waals surface area (Å²) in [5.41, 5.74) is 3.85. The average molecular weight is 666 g/mol. The third kappa shape index (κ3) is 7.41. The van der Waals surface area contributed by atoms with Crippen molar-refractivity contribution in [2.75, 3.05) is 0 Å². The molecule has 0 aliphatic rings. The molecule has 1 N–H and O–H groups in total. The largest absolute Gasteiger partial charge is 0.345 e. The smallest absolute Gasteiger partial charge is 0.251 e.